The highest BCUT2D eigenvalue weighted by Crippen LogP contribution is 2.32. The van der Waals surface area contributed by atoms with E-state index in [1.807, 2.05) is 0 Å². The van der Waals surface area contributed by atoms with Gasteiger partial charge < -0.3 is 24.4 Å². The van der Waals surface area contributed by atoms with E-state index in [9.17, 15) is 40.7 Å². The predicted octanol–water partition coefficient (Wildman–Crippen LogP) is 4.01. The molecule has 1 atom stereocenters. The Balaban J connectivity index is 1.40. The number of ether oxygens (including phenoxy) is 1. The van der Waals surface area contributed by atoms with Crippen LogP contribution in [0.4, 0.5) is 38.0 Å². The van der Waals surface area contributed by atoms with Crippen LogP contribution < -0.4 is 21.2 Å². The van der Waals surface area contributed by atoms with Crippen LogP contribution in [-0.2, 0) is 30.4 Å². The number of anilines is 2. The van der Waals surface area contributed by atoms with E-state index in [1.165, 1.54) is 21.9 Å². The highest BCUT2D eigenvalue weighted by Gasteiger charge is 2.38. The molecule has 1 amide bonds. The Morgan fingerprint density at radius 2 is 1.65 bits per heavy atom. The number of aromatic nitrogens is 5. The lowest BCUT2D eigenvalue weighted by molar-refractivity contribution is -0.139. The van der Waals surface area contributed by atoms with Crippen molar-refractivity contribution < 1.29 is 35.9 Å². The molecular formula is C29H36F6N8O4Si. The summed E-state index contributed by atoms with van der Waals surface area (Å²) in [4.78, 5) is 49.2. The highest BCUT2D eigenvalue weighted by molar-refractivity contribution is 6.76. The molecule has 4 heterocycles. The van der Waals surface area contributed by atoms with Gasteiger partial charge in [-0.2, -0.15) is 31.4 Å². The summed E-state index contributed by atoms with van der Waals surface area (Å²) in [7, 11) is -1.45. The highest BCUT2D eigenvalue weighted by atomic mass is 28.3. The zero-order valence-electron chi connectivity index (χ0n) is 26.7. The number of carbonyl (C=O) groups excluding carboxylic acids is 1. The van der Waals surface area contributed by atoms with Crippen LogP contribution in [0.3, 0.4) is 0 Å². The van der Waals surface area contributed by atoms with Crippen LogP contribution in [0.15, 0.2) is 46.6 Å². The van der Waals surface area contributed by atoms with Crippen molar-refractivity contribution >= 4 is 25.6 Å². The van der Waals surface area contributed by atoms with Gasteiger partial charge in [0.15, 0.2) is 5.43 Å². The molecule has 3 aromatic heterocycles. The molecule has 1 aliphatic heterocycles. The lowest BCUT2D eigenvalue weighted by Gasteiger charge is -2.34. The SMILES string of the molecule is C[C@@H](Cn1ccc(=O)c(C(=O)N2CCN(c3ncc(C(F)(F)F)cn3)CC2)c1)Nc1cnn(COCC[Si](C)(C)C)c(=O)c1C(F)(F)F. The third kappa shape index (κ3) is 9.42. The van der Waals surface area contributed by atoms with E-state index in [1.54, 1.807) is 11.8 Å². The molecular weight excluding hydrogens is 666 g/mol. The fourth-order valence-electron chi connectivity index (χ4n) is 4.83. The topological polar surface area (TPSA) is 127 Å². The van der Waals surface area contributed by atoms with E-state index >= 15 is 0 Å². The van der Waals surface area contributed by atoms with E-state index in [-0.39, 0.29) is 44.2 Å². The molecule has 1 saturated heterocycles. The molecule has 1 aliphatic rings. The van der Waals surface area contributed by atoms with Crippen molar-refractivity contribution in [2.45, 2.75) is 64.3 Å². The Morgan fingerprint density at radius 1 is 1.00 bits per heavy atom. The smallest absolute Gasteiger partial charge is 0.379 e. The fourth-order valence-corrected chi connectivity index (χ4v) is 5.59. The van der Waals surface area contributed by atoms with Crippen LogP contribution >= 0.6 is 0 Å². The first-order valence-electron chi connectivity index (χ1n) is 15.0. The van der Waals surface area contributed by atoms with Gasteiger partial charge in [0.2, 0.25) is 5.95 Å². The van der Waals surface area contributed by atoms with E-state index in [0.29, 0.717) is 23.7 Å². The van der Waals surface area contributed by atoms with Gasteiger partial charge in [-0.15, -0.1) is 0 Å². The quantitative estimate of drug-likeness (QED) is 0.179. The summed E-state index contributed by atoms with van der Waals surface area (Å²) < 4.78 is 88.0. The molecule has 3 aromatic rings. The van der Waals surface area contributed by atoms with Crippen molar-refractivity contribution in [2.24, 2.45) is 0 Å². The Bertz CT molecular complexity index is 1700. The minimum Gasteiger partial charge on any atom is -0.379 e. The molecule has 262 valence electrons. The number of halogens is 6. The summed E-state index contributed by atoms with van der Waals surface area (Å²) in [6, 6.07) is 1.22. The Morgan fingerprint density at radius 3 is 2.23 bits per heavy atom. The molecule has 19 heteroatoms. The predicted molar refractivity (Wildman–Crippen MR) is 167 cm³/mol. The van der Waals surface area contributed by atoms with E-state index in [2.05, 4.69) is 40.0 Å². The number of rotatable bonds is 11. The zero-order valence-corrected chi connectivity index (χ0v) is 27.7. The minimum absolute atomic E-state index is 0.0137. The Hall–Kier alpha value is -4.26. The summed E-state index contributed by atoms with van der Waals surface area (Å²) in [6.45, 7) is 8.48. The van der Waals surface area contributed by atoms with Crippen molar-refractivity contribution in [1.29, 1.82) is 0 Å². The van der Waals surface area contributed by atoms with Crippen LogP contribution in [0, 0.1) is 0 Å². The maximum absolute atomic E-state index is 14.0. The fraction of sp³-hybridized carbons (Fsp3) is 0.517. The third-order valence-corrected chi connectivity index (χ3v) is 9.15. The monoisotopic (exact) mass is 702 g/mol. The molecule has 0 aromatic carbocycles. The molecule has 12 nitrogen and oxygen atoms in total. The lowest BCUT2D eigenvalue weighted by atomic mass is 10.2. The largest absolute Gasteiger partial charge is 0.423 e. The van der Waals surface area contributed by atoms with Gasteiger partial charge in [-0.3, -0.25) is 14.4 Å². The lowest BCUT2D eigenvalue weighted by Crippen LogP contribution is -2.50. The average Bonchev–Trinajstić information content (AvgIpc) is 2.99. The number of piperazine rings is 1. The van der Waals surface area contributed by atoms with Crippen LogP contribution in [0.2, 0.25) is 25.7 Å². The number of hydrogen-bond donors (Lipinski definition) is 1. The van der Waals surface area contributed by atoms with Gasteiger partial charge >= 0.3 is 12.4 Å². The van der Waals surface area contributed by atoms with Crippen LogP contribution in [-0.4, -0.2) is 82.0 Å². The molecule has 0 bridgehead atoms. The number of nitrogens with zero attached hydrogens (tertiary/aromatic N) is 7. The van der Waals surface area contributed by atoms with Crippen molar-refractivity contribution in [2.75, 3.05) is 43.0 Å². The summed E-state index contributed by atoms with van der Waals surface area (Å²) in [5.74, 6) is -0.507. The summed E-state index contributed by atoms with van der Waals surface area (Å²) in [5, 5.41) is 6.53. The van der Waals surface area contributed by atoms with Crippen molar-refractivity contribution in [3.8, 4) is 0 Å². The van der Waals surface area contributed by atoms with Crippen molar-refractivity contribution in [3.05, 3.63) is 74.3 Å². The first kappa shape index (κ1) is 36.6. The van der Waals surface area contributed by atoms with Crippen LogP contribution in [0.1, 0.15) is 28.4 Å². The van der Waals surface area contributed by atoms with Crippen molar-refractivity contribution in [1.82, 2.24) is 29.2 Å². The number of hydrogen-bond acceptors (Lipinski definition) is 9. The van der Waals surface area contributed by atoms with Gasteiger partial charge in [-0.25, -0.2) is 14.6 Å². The number of alkyl halides is 6. The van der Waals surface area contributed by atoms with E-state index in [0.717, 1.165) is 18.3 Å². The second-order valence-corrected chi connectivity index (χ2v) is 18.2. The summed E-state index contributed by atoms with van der Waals surface area (Å²) >= 11 is 0. The molecule has 4 rings (SSSR count). The van der Waals surface area contributed by atoms with Crippen LogP contribution in [0.25, 0.3) is 0 Å². The standard InChI is InChI=1S/C29H36F6N8O4Si/c1-19(39-22-15-38-43(18-47-11-12-48(2,3)4)26(46)24(22)29(33,34)35)16-40-6-5-23(44)21(17-40)25(45)41-7-9-42(10-8-41)27-36-13-20(14-37-27)28(30,31)32/h5-6,13-15,17,19,39H,7-12,16,18H2,1-4H3/t19-/m0/s1. The molecule has 1 N–H and O–H groups in total. The minimum atomic E-state index is -4.98. The number of nitrogens with one attached hydrogen (secondary N) is 1. The van der Waals surface area contributed by atoms with Gasteiger partial charge in [0.05, 0.1) is 17.4 Å². The third-order valence-electron chi connectivity index (χ3n) is 7.45. The molecule has 0 aliphatic carbocycles. The molecule has 48 heavy (non-hydrogen) atoms. The first-order chi connectivity index (χ1) is 22.3. The van der Waals surface area contributed by atoms with Gasteiger partial charge in [0, 0.05) is 84.3 Å². The molecule has 1 fully saturated rings. The van der Waals surface area contributed by atoms with Gasteiger partial charge in [0.25, 0.3) is 11.5 Å². The summed E-state index contributed by atoms with van der Waals surface area (Å²) in [5.41, 5.74) is -5.01. The van der Waals surface area contributed by atoms with E-state index in [4.69, 9.17) is 4.74 Å². The second kappa shape index (κ2) is 14.5. The molecule has 0 saturated carbocycles. The summed E-state index contributed by atoms with van der Waals surface area (Å²) in [6.07, 6.45) is -4.59. The second-order valence-electron chi connectivity index (χ2n) is 12.6. The molecule has 0 unspecified atom stereocenters. The number of pyridine rings is 1. The van der Waals surface area contributed by atoms with Gasteiger partial charge in [-0.1, -0.05) is 19.6 Å². The van der Waals surface area contributed by atoms with Crippen molar-refractivity contribution in [3.63, 3.8) is 0 Å². The first-order valence-corrected chi connectivity index (χ1v) is 18.7. The number of carbonyl (C=O) groups is 1. The van der Waals surface area contributed by atoms with Gasteiger partial charge in [0.1, 0.15) is 17.9 Å². The van der Waals surface area contributed by atoms with Gasteiger partial charge in [-0.05, 0) is 13.0 Å². The Labute approximate surface area is 272 Å². The maximum atomic E-state index is 14.0. The zero-order chi connectivity index (χ0) is 35.4. The molecule has 0 spiro atoms. The maximum Gasteiger partial charge on any atom is 0.423 e. The molecule has 0 radical (unpaired) electrons. The average molecular weight is 703 g/mol. The van der Waals surface area contributed by atoms with E-state index < -0.39 is 66.9 Å². The Kier molecular flexibility index (Phi) is 11.0. The van der Waals surface area contributed by atoms with Crippen LogP contribution in [0.5, 0.6) is 0 Å². The normalized spacial score (nSPS) is 15.0. The number of amides is 1.